The van der Waals surface area contributed by atoms with E-state index in [2.05, 4.69) is 24.4 Å². The fourth-order valence-electron chi connectivity index (χ4n) is 4.49. The van der Waals surface area contributed by atoms with Crippen LogP contribution < -0.4 is 11.1 Å². The Balaban J connectivity index is 1.65. The maximum absolute atomic E-state index is 13.2. The highest BCUT2D eigenvalue weighted by molar-refractivity contribution is 5.98. The summed E-state index contributed by atoms with van der Waals surface area (Å²) < 4.78 is 0. The maximum atomic E-state index is 13.2. The number of nitrogen functional groups attached to an aromatic ring is 1. The third kappa shape index (κ3) is 9.41. The first-order valence-corrected chi connectivity index (χ1v) is 13.5. The number of anilines is 1. The highest BCUT2D eigenvalue weighted by Gasteiger charge is 2.21. The van der Waals surface area contributed by atoms with Gasteiger partial charge in [0.1, 0.15) is 5.75 Å². The summed E-state index contributed by atoms with van der Waals surface area (Å²) in [5.41, 5.74) is 10.5. The molecule has 0 fully saturated rings. The second-order valence-corrected chi connectivity index (χ2v) is 9.76. The van der Waals surface area contributed by atoms with Gasteiger partial charge in [0.15, 0.2) is 5.78 Å². The molecule has 0 saturated carbocycles. The van der Waals surface area contributed by atoms with Gasteiger partial charge in [0.25, 0.3) is 5.91 Å². The summed E-state index contributed by atoms with van der Waals surface area (Å²) in [5.74, 6) is 0.0892. The van der Waals surface area contributed by atoms with E-state index >= 15 is 0 Å². The number of nitrogens with two attached hydrogens (primary N) is 1. The Morgan fingerprint density at radius 2 is 1.54 bits per heavy atom. The lowest BCUT2D eigenvalue weighted by molar-refractivity contribution is -0.121. The smallest absolute Gasteiger partial charge is 0.251 e. The minimum atomic E-state index is -0.517. The maximum Gasteiger partial charge on any atom is 0.251 e. The summed E-state index contributed by atoms with van der Waals surface area (Å²) in [6.45, 7) is 2.18. The van der Waals surface area contributed by atoms with Crippen molar-refractivity contribution in [2.45, 2.75) is 77.2 Å². The van der Waals surface area contributed by atoms with Crippen LogP contribution in [0.25, 0.3) is 0 Å². The average Bonchev–Trinajstić information content (AvgIpc) is 2.91. The van der Waals surface area contributed by atoms with Gasteiger partial charge in [-0.05, 0) is 79.1 Å². The molecule has 3 aromatic carbocycles. The molecule has 0 aliphatic rings. The number of ketones is 1. The van der Waals surface area contributed by atoms with Crippen molar-refractivity contribution in [1.29, 1.82) is 0 Å². The van der Waals surface area contributed by atoms with Crippen LogP contribution in [0.15, 0.2) is 72.8 Å². The van der Waals surface area contributed by atoms with Crippen molar-refractivity contribution in [2.75, 3.05) is 5.73 Å². The monoisotopic (exact) mass is 500 g/mol. The molecule has 0 aliphatic carbocycles. The SMILES string of the molecule is CCCCCCCC(=O)[C@H](CCc1ccccc1)NC(=O)c1ccc(N)c(CCc2ccc(O)cc2)c1. The van der Waals surface area contributed by atoms with Gasteiger partial charge in [0.2, 0.25) is 0 Å². The van der Waals surface area contributed by atoms with Crippen molar-refractivity contribution in [2.24, 2.45) is 0 Å². The zero-order valence-electron chi connectivity index (χ0n) is 21.9. The minimum Gasteiger partial charge on any atom is -0.508 e. The largest absolute Gasteiger partial charge is 0.508 e. The Labute approximate surface area is 221 Å². The van der Waals surface area contributed by atoms with Crippen molar-refractivity contribution in [3.8, 4) is 5.75 Å². The topological polar surface area (TPSA) is 92.4 Å². The molecule has 0 unspecified atom stereocenters. The number of hydrogen-bond donors (Lipinski definition) is 3. The molecule has 0 heterocycles. The number of aryl methyl sites for hydroxylation is 3. The predicted octanol–water partition coefficient (Wildman–Crippen LogP) is 6.42. The Hall–Kier alpha value is -3.60. The molecule has 0 saturated heterocycles. The first-order chi connectivity index (χ1) is 18.0. The van der Waals surface area contributed by atoms with Gasteiger partial charge in [0, 0.05) is 17.7 Å². The van der Waals surface area contributed by atoms with Crippen LogP contribution in [0.3, 0.4) is 0 Å². The lowest BCUT2D eigenvalue weighted by atomic mass is 9.97. The van der Waals surface area contributed by atoms with E-state index in [1.807, 2.05) is 36.4 Å². The summed E-state index contributed by atoms with van der Waals surface area (Å²) >= 11 is 0. The van der Waals surface area contributed by atoms with Crippen molar-refractivity contribution < 1.29 is 14.7 Å². The van der Waals surface area contributed by atoms with Gasteiger partial charge >= 0.3 is 0 Å². The van der Waals surface area contributed by atoms with E-state index in [1.54, 1.807) is 24.3 Å². The second-order valence-electron chi connectivity index (χ2n) is 9.76. The van der Waals surface area contributed by atoms with E-state index in [-0.39, 0.29) is 17.4 Å². The normalized spacial score (nSPS) is 11.7. The third-order valence-corrected chi connectivity index (χ3v) is 6.81. The summed E-state index contributed by atoms with van der Waals surface area (Å²) in [5, 5.41) is 12.5. The molecule has 1 amide bonds. The fourth-order valence-corrected chi connectivity index (χ4v) is 4.49. The number of phenols is 1. The molecule has 196 valence electrons. The number of benzene rings is 3. The van der Waals surface area contributed by atoms with Crippen LogP contribution in [0, 0.1) is 0 Å². The number of hydrogen-bond acceptors (Lipinski definition) is 4. The summed E-state index contributed by atoms with van der Waals surface area (Å²) in [6.07, 6.45) is 8.61. The van der Waals surface area contributed by atoms with Gasteiger partial charge in [0.05, 0.1) is 6.04 Å². The molecule has 3 rings (SSSR count). The first-order valence-electron chi connectivity index (χ1n) is 13.5. The molecule has 4 N–H and O–H groups in total. The number of nitrogens with one attached hydrogen (secondary N) is 1. The van der Waals surface area contributed by atoms with Gasteiger partial charge in [-0.3, -0.25) is 9.59 Å². The first kappa shape index (κ1) is 28.0. The van der Waals surface area contributed by atoms with E-state index < -0.39 is 6.04 Å². The van der Waals surface area contributed by atoms with E-state index in [9.17, 15) is 14.7 Å². The number of carbonyl (C=O) groups is 2. The van der Waals surface area contributed by atoms with Crippen LogP contribution in [-0.4, -0.2) is 22.8 Å². The minimum absolute atomic E-state index is 0.101. The highest BCUT2D eigenvalue weighted by Crippen LogP contribution is 2.19. The molecule has 1 atom stereocenters. The Bertz CT molecular complexity index is 1130. The number of carbonyl (C=O) groups excluding carboxylic acids is 2. The summed E-state index contributed by atoms with van der Waals surface area (Å²) in [4.78, 5) is 26.3. The van der Waals surface area contributed by atoms with Crippen molar-refractivity contribution in [3.05, 3.63) is 95.1 Å². The number of amides is 1. The highest BCUT2D eigenvalue weighted by atomic mass is 16.3. The lowest BCUT2D eigenvalue weighted by Gasteiger charge is -2.19. The van der Waals surface area contributed by atoms with E-state index in [0.717, 1.165) is 48.8 Å². The fraction of sp³-hybridized carbons (Fsp3) is 0.375. The number of Topliss-reactive ketones (excluding diaryl/α,β-unsaturated/α-hetero) is 1. The van der Waals surface area contributed by atoms with Crippen LogP contribution in [0.1, 0.15) is 78.9 Å². The van der Waals surface area contributed by atoms with Crippen molar-refractivity contribution in [1.82, 2.24) is 5.32 Å². The average molecular weight is 501 g/mol. The molecule has 0 aromatic heterocycles. The molecule has 0 bridgehead atoms. The Morgan fingerprint density at radius 3 is 2.27 bits per heavy atom. The van der Waals surface area contributed by atoms with Crippen LogP contribution >= 0.6 is 0 Å². The molecular formula is C32H40N2O3. The molecule has 3 aromatic rings. The summed E-state index contributed by atoms with van der Waals surface area (Å²) in [6, 6.07) is 21.9. The zero-order chi connectivity index (χ0) is 26.5. The molecule has 0 aliphatic heterocycles. The standard InChI is InChI=1S/C32H40N2O3/c1-2-3-4-5-9-12-31(36)30(22-16-24-10-7-6-8-11-24)34-32(37)27-18-21-29(33)26(23-27)17-13-25-14-19-28(35)20-15-25/h6-8,10-11,14-15,18-21,23,30,35H,2-5,9,12-13,16-17,22,33H2,1H3,(H,34,37)/t30-/m0/s1. The Morgan fingerprint density at radius 1 is 0.838 bits per heavy atom. The van der Waals surface area contributed by atoms with Gasteiger partial charge in [-0.1, -0.05) is 75.1 Å². The second kappa shape index (κ2) is 14.8. The number of phenolic OH excluding ortho intramolecular Hbond substituents is 1. The number of aromatic hydroxyl groups is 1. The molecule has 5 heteroatoms. The van der Waals surface area contributed by atoms with Crippen molar-refractivity contribution >= 4 is 17.4 Å². The van der Waals surface area contributed by atoms with E-state index in [0.29, 0.717) is 30.5 Å². The van der Waals surface area contributed by atoms with Gasteiger partial charge < -0.3 is 16.2 Å². The van der Waals surface area contributed by atoms with E-state index in [4.69, 9.17) is 5.73 Å². The molecule has 0 spiro atoms. The predicted molar refractivity (Wildman–Crippen MR) is 151 cm³/mol. The summed E-state index contributed by atoms with van der Waals surface area (Å²) in [7, 11) is 0. The van der Waals surface area contributed by atoms with Crippen LogP contribution in [0.5, 0.6) is 5.75 Å². The van der Waals surface area contributed by atoms with Crippen molar-refractivity contribution in [3.63, 3.8) is 0 Å². The van der Waals surface area contributed by atoms with Gasteiger partial charge in [-0.25, -0.2) is 0 Å². The van der Waals surface area contributed by atoms with Gasteiger partial charge in [-0.15, -0.1) is 0 Å². The van der Waals surface area contributed by atoms with Gasteiger partial charge in [-0.2, -0.15) is 0 Å². The quantitative estimate of drug-likeness (QED) is 0.166. The van der Waals surface area contributed by atoms with E-state index in [1.165, 1.54) is 12.8 Å². The zero-order valence-corrected chi connectivity index (χ0v) is 21.9. The number of unbranched alkanes of at least 4 members (excludes halogenated alkanes) is 4. The molecule has 37 heavy (non-hydrogen) atoms. The van der Waals surface area contributed by atoms with Crippen LogP contribution in [0.2, 0.25) is 0 Å². The molecule has 5 nitrogen and oxygen atoms in total. The Kier molecular flexibility index (Phi) is 11.2. The number of rotatable bonds is 15. The van der Waals surface area contributed by atoms with Crippen LogP contribution in [-0.2, 0) is 24.1 Å². The molecule has 0 radical (unpaired) electrons. The third-order valence-electron chi connectivity index (χ3n) is 6.81. The van der Waals surface area contributed by atoms with Crippen LogP contribution in [0.4, 0.5) is 5.69 Å². The lowest BCUT2D eigenvalue weighted by Crippen LogP contribution is -2.41. The molecular weight excluding hydrogens is 460 g/mol.